The van der Waals surface area contributed by atoms with Gasteiger partial charge in [0, 0.05) is 56.8 Å². The van der Waals surface area contributed by atoms with Crippen LogP contribution in [-0.4, -0.2) is 19.5 Å². The standard InChI is InChI=1S/C41H26N4O/c1-3-11-27(12-4-1)34-25-35(44-41(43-34)29-13-5-2-6-14-29)28-19-21-30(22-20-28)45-36-17-9-7-15-31(36)39-33-26-42-24-23-38(33)46-37-18-10-8-16-32(37)40(39)45/h1-26H. The van der Waals surface area contributed by atoms with Crippen molar-refractivity contribution >= 4 is 10.9 Å². The van der Waals surface area contributed by atoms with E-state index in [0.717, 1.165) is 78.6 Å². The zero-order valence-electron chi connectivity index (χ0n) is 24.7. The molecule has 0 radical (unpaired) electrons. The molecule has 0 saturated carbocycles. The molecule has 0 bridgehead atoms. The second-order valence-corrected chi connectivity index (χ2v) is 11.3. The summed E-state index contributed by atoms with van der Waals surface area (Å²) in [6.07, 6.45) is 3.69. The largest absolute Gasteiger partial charge is 0.456 e. The number of aromatic nitrogens is 4. The van der Waals surface area contributed by atoms with Crippen molar-refractivity contribution in [2.45, 2.75) is 0 Å². The molecule has 216 valence electrons. The summed E-state index contributed by atoms with van der Waals surface area (Å²) in [4.78, 5) is 14.5. The Labute approximate surface area is 266 Å². The van der Waals surface area contributed by atoms with Gasteiger partial charge in [-0.15, -0.1) is 0 Å². The van der Waals surface area contributed by atoms with Gasteiger partial charge in [0.2, 0.25) is 0 Å². The van der Waals surface area contributed by atoms with Gasteiger partial charge in [-0.05, 0) is 42.5 Å². The Bertz CT molecular complexity index is 2320. The van der Waals surface area contributed by atoms with E-state index in [9.17, 15) is 0 Å². The van der Waals surface area contributed by atoms with Gasteiger partial charge < -0.3 is 9.30 Å². The highest BCUT2D eigenvalue weighted by Gasteiger charge is 2.28. The molecule has 0 unspecified atom stereocenters. The molecule has 5 aromatic carbocycles. The summed E-state index contributed by atoms with van der Waals surface area (Å²) in [5.74, 6) is 2.32. The molecule has 0 spiro atoms. The number of ether oxygens (including phenoxy) is 1. The van der Waals surface area contributed by atoms with Gasteiger partial charge in [-0.3, -0.25) is 4.98 Å². The highest BCUT2D eigenvalue weighted by atomic mass is 16.5. The Morgan fingerprint density at radius 1 is 0.522 bits per heavy atom. The van der Waals surface area contributed by atoms with Crippen molar-refractivity contribution in [2.75, 3.05) is 0 Å². The molecule has 0 fully saturated rings. The lowest BCUT2D eigenvalue weighted by atomic mass is 9.99. The molecule has 46 heavy (non-hydrogen) atoms. The van der Waals surface area contributed by atoms with Crippen LogP contribution in [0.3, 0.4) is 0 Å². The quantitative estimate of drug-likeness (QED) is 0.205. The van der Waals surface area contributed by atoms with Crippen LogP contribution in [0.2, 0.25) is 0 Å². The maximum atomic E-state index is 6.49. The molecule has 1 aliphatic heterocycles. The molecule has 3 aromatic heterocycles. The van der Waals surface area contributed by atoms with Crippen LogP contribution in [0.25, 0.3) is 72.9 Å². The molecule has 0 aliphatic carbocycles. The number of hydrogen-bond donors (Lipinski definition) is 0. The Kier molecular flexibility index (Phi) is 6.06. The van der Waals surface area contributed by atoms with Gasteiger partial charge in [0.05, 0.1) is 22.6 Å². The number of fused-ring (bicyclic) bond motifs is 7. The van der Waals surface area contributed by atoms with Crippen LogP contribution >= 0.6 is 0 Å². The minimum Gasteiger partial charge on any atom is -0.456 e. The number of para-hydroxylation sites is 2. The maximum absolute atomic E-state index is 6.49. The molecular formula is C41H26N4O. The normalized spacial score (nSPS) is 11.7. The number of nitrogens with zero attached hydrogens (tertiary/aromatic N) is 4. The van der Waals surface area contributed by atoms with Crippen LogP contribution in [0.1, 0.15) is 0 Å². The summed E-state index contributed by atoms with van der Waals surface area (Å²) >= 11 is 0. The fourth-order valence-electron chi connectivity index (χ4n) is 6.41. The summed E-state index contributed by atoms with van der Waals surface area (Å²) in [7, 11) is 0. The molecule has 1 aliphatic rings. The van der Waals surface area contributed by atoms with Crippen LogP contribution < -0.4 is 4.74 Å². The van der Waals surface area contributed by atoms with Gasteiger partial charge in [-0.2, -0.15) is 0 Å². The topological polar surface area (TPSA) is 52.8 Å². The van der Waals surface area contributed by atoms with Crippen molar-refractivity contribution in [1.29, 1.82) is 0 Å². The third kappa shape index (κ3) is 4.29. The lowest BCUT2D eigenvalue weighted by Crippen LogP contribution is -1.99. The number of pyridine rings is 1. The van der Waals surface area contributed by atoms with E-state index in [-0.39, 0.29) is 0 Å². The van der Waals surface area contributed by atoms with Crippen LogP contribution in [0, 0.1) is 0 Å². The molecule has 8 aromatic rings. The summed E-state index contributed by atoms with van der Waals surface area (Å²) in [6, 6.07) is 49.9. The zero-order chi connectivity index (χ0) is 30.5. The van der Waals surface area contributed by atoms with Crippen LogP contribution in [-0.2, 0) is 0 Å². The van der Waals surface area contributed by atoms with Gasteiger partial charge in [-0.1, -0.05) is 103 Å². The van der Waals surface area contributed by atoms with E-state index in [4.69, 9.17) is 14.7 Å². The average molecular weight is 591 g/mol. The molecule has 0 atom stereocenters. The summed E-state index contributed by atoms with van der Waals surface area (Å²) in [5.41, 5.74) is 11.2. The lowest BCUT2D eigenvalue weighted by molar-refractivity contribution is 0.487. The summed E-state index contributed by atoms with van der Waals surface area (Å²) < 4.78 is 8.82. The fraction of sp³-hybridized carbons (Fsp3) is 0. The smallest absolute Gasteiger partial charge is 0.160 e. The van der Waals surface area contributed by atoms with Crippen molar-refractivity contribution in [3.05, 3.63) is 158 Å². The Morgan fingerprint density at radius 2 is 1.15 bits per heavy atom. The minimum atomic E-state index is 0.701. The molecule has 5 heteroatoms. The first kappa shape index (κ1) is 26.1. The molecule has 0 N–H and O–H groups in total. The molecule has 4 heterocycles. The van der Waals surface area contributed by atoms with E-state index < -0.39 is 0 Å². The van der Waals surface area contributed by atoms with Crippen molar-refractivity contribution in [3.8, 4) is 73.5 Å². The van der Waals surface area contributed by atoms with Crippen molar-refractivity contribution in [2.24, 2.45) is 0 Å². The fourth-order valence-corrected chi connectivity index (χ4v) is 6.41. The second-order valence-electron chi connectivity index (χ2n) is 11.3. The Morgan fingerprint density at radius 3 is 1.93 bits per heavy atom. The average Bonchev–Trinajstić information content (AvgIpc) is 3.40. The molecule has 5 nitrogen and oxygen atoms in total. The molecule has 9 rings (SSSR count). The maximum Gasteiger partial charge on any atom is 0.160 e. The third-order valence-electron chi connectivity index (χ3n) is 8.54. The number of rotatable bonds is 4. The van der Waals surface area contributed by atoms with Crippen molar-refractivity contribution in [3.63, 3.8) is 0 Å². The van der Waals surface area contributed by atoms with Crippen LogP contribution in [0.15, 0.2) is 158 Å². The molecule has 0 saturated heterocycles. The van der Waals surface area contributed by atoms with Gasteiger partial charge in [-0.25, -0.2) is 9.97 Å². The van der Waals surface area contributed by atoms with Gasteiger partial charge in [0.1, 0.15) is 11.5 Å². The van der Waals surface area contributed by atoms with E-state index in [1.165, 1.54) is 0 Å². The van der Waals surface area contributed by atoms with E-state index in [1.54, 1.807) is 6.20 Å². The second kappa shape index (κ2) is 10.7. The SMILES string of the molecule is c1ccc(-c2cc(-c3ccc(-n4c5c(c6ccccc64)-c4cnccc4Oc4ccccc4-5)cc3)nc(-c3ccccc3)n2)cc1. The van der Waals surface area contributed by atoms with E-state index in [2.05, 4.69) is 101 Å². The van der Waals surface area contributed by atoms with Crippen LogP contribution in [0.5, 0.6) is 11.5 Å². The highest BCUT2D eigenvalue weighted by molar-refractivity contribution is 6.08. The zero-order valence-corrected chi connectivity index (χ0v) is 24.7. The predicted molar refractivity (Wildman–Crippen MR) is 184 cm³/mol. The Hall–Kier alpha value is -6.33. The predicted octanol–water partition coefficient (Wildman–Crippen LogP) is 10.3. The van der Waals surface area contributed by atoms with E-state index in [0.29, 0.717) is 5.82 Å². The van der Waals surface area contributed by atoms with Gasteiger partial charge >= 0.3 is 0 Å². The highest BCUT2D eigenvalue weighted by Crippen LogP contribution is 2.51. The van der Waals surface area contributed by atoms with Crippen molar-refractivity contribution in [1.82, 2.24) is 19.5 Å². The van der Waals surface area contributed by atoms with E-state index in [1.807, 2.05) is 60.8 Å². The minimum absolute atomic E-state index is 0.701. The molecule has 0 amide bonds. The van der Waals surface area contributed by atoms with E-state index >= 15 is 0 Å². The van der Waals surface area contributed by atoms with Gasteiger partial charge in [0.15, 0.2) is 5.82 Å². The van der Waals surface area contributed by atoms with Crippen LogP contribution in [0.4, 0.5) is 0 Å². The van der Waals surface area contributed by atoms with Gasteiger partial charge in [0.25, 0.3) is 0 Å². The first-order chi connectivity index (χ1) is 22.8. The molecular weight excluding hydrogens is 564 g/mol. The lowest BCUT2D eigenvalue weighted by Gasteiger charge is -2.14. The van der Waals surface area contributed by atoms with Crippen molar-refractivity contribution < 1.29 is 4.74 Å². The summed E-state index contributed by atoms with van der Waals surface area (Å²) in [5, 5.41) is 1.15. The first-order valence-corrected chi connectivity index (χ1v) is 15.3. The summed E-state index contributed by atoms with van der Waals surface area (Å²) in [6.45, 7) is 0. The number of hydrogen-bond acceptors (Lipinski definition) is 4. The monoisotopic (exact) mass is 590 g/mol. The first-order valence-electron chi connectivity index (χ1n) is 15.3. The Balaban J connectivity index is 1.24. The number of benzene rings is 5. The third-order valence-corrected chi connectivity index (χ3v) is 8.54.